The number of nitrogens with zero attached hydrogens (tertiary/aromatic N) is 1. The SMILES string of the molecule is CCCCCCN(C(=O)O)c1ccccc1I. The second-order valence-electron chi connectivity index (χ2n) is 3.95. The van der Waals surface area contributed by atoms with Gasteiger partial charge in [0, 0.05) is 10.1 Å². The normalized spacial score (nSPS) is 10.2. The van der Waals surface area contributed by atoms with Gasteiger partial charge in [0.1, 0.15) is 0 Å². The zero-order valence-electron chi connectivity index (χ0n) is 10.0. The van der Waals surface area contributed by atoms with Crippen molar-refractivity contribution in [2.75, 3.05) is 11.4 Å². The maximum atomic E-state index is 11.2. The lowest BCUT2D eigenvalue weighted by Crippen LogP contribution is -2.30. The molecule has 1 aromatic carbocycles. The van der Waals surface area contributed by atoms with Crippen molar-refractivity contribution in [2.24, 2.45) is 0 Å². The van der Waals surface area contributed by atoms with E-state index in [1.165, 1.54) is 11.3 Å². The fourth-order valence-electron chi connectivity index (χ4n) is 1.69. The van der Waals surface area contributed by atoms with Crippen LogP contribution in [0.2, 0.25) is 0 Å². The number of hydrogen-bond donors (Lipinski definition) is 1. The van der Waals surface area contributed by atoms with Gasteiger partial charge in [-0.2, -0.15) is 0 Å². The Morgan fingerprint density at radius 3 is 2.59 bits per heavy atom. The van der Waals surface area contributed by atoms with Gasteiger partial charge in [-0.1, -0.05) is 38.3 Å². The van der Waals surface area contributed by atoms with Crippen molar-refractivity contribution in [1.82, 2.24) is 0 Å². The summed E-state index contributed by atoms with van der Waals surface area (Å²) in [7, 11) is 0. The van der Waals surface area contributed by atoms with Crippen molar-refractivity contribution < 1.29 is 9.90 Å². The Morgan fingerprint density at radius 2 is 2.00 bits per heavy atom. The van der Waals surface area contributed by atoms with Crippen LogP contribution in [0.25, 0.3) is 0 Å². The molecular weight excluding hydrogens is 329 g/mol. The summed E-state index contributed by atoms with van der Waals surface area (Å²) in [5.41, 5.74) is 0.789. The van der Waals surface area contributed by atoms with Crippen LogP contribution in [-0.4, -0.2) is 17.7 Å². The largest absolute Gasteiger partial charge is 0.465 e. The molecule has 0 aliphatic rings. The first-order valence-electron chi connectivity index (χ1n) is 5.91. The van der Waals surface area contributed by atoms with Crippen LogP contribution in [0.1, 0.15) is 32.6 Å². The summed E-state index contributed by atoms with van der Waals surface area (Å²) in [4.78, 5) is 12.7. The molecule has 0 spiro atoms. The second kappa shape index (κ2) is 7.53. The Labute approximate surface area is 116 Å². The third-order valence-electron chi connectivity index (χ3n) is 2.61. The third kappa shape index (κ3) is 4.53. The number of carboxylic acid groups (broad SMARTS) is 1. The molecule has 0 bridgehead atoms. The molecule has 0 atom stereocenters. The molecule has 0 radical (unpaired) electrons. The summed E-state index contributed by atoms with van der Waals surface area (Å²) in [6, 6.07) is 7.58. The number of benzene rings is 1. The Balaban J connectivity index is 2.66. The van der Waals surface area contributed by atoms with Crippen LogP contribution in [0.5, 0.6) is 0 Å². The number of amides is 1. The molecule has 0 fully saturated rings. The lowest BCUT2D eigenvalue weighted by molar-refractivity contribution is 0.201. The van der Waals surface area contributed by atoms with Gasteiger partial charge in [-0.3, -0.25) is 4.90 Å². The van der Waals surface area contributed by atoms with Crippen LogP contribution in [0.4, 0.5) is 10.5 Å². The first kappa shape index (κ1) is 14.3. The number of anilines is 1. The molecule has 0 unspecified atom stereocenters. The van der Waals surface area contributed by atoms with Gasteiger partial charge in [0.05, 0.1) is 5.69 Å². The molecule has 94 valence electrons. The summed E-state index contributed by atoms with van der Waals surface area (Å²) >= 11 is 2.17. The number of carbonyl (C=O) groups is 1. The average Bonchev–Trinajstić information content (AvgIpc) is 2.30. The van der Waals surface area contributed by atoms with Crippen LogP contribution in [0.3, 0.4) is 0 Å². The van der Waals surface area contributed by atoms with Crippen molar-refractivity contribution in [3.63, 3.8) is 0 Å². The number of para-hydroxylation sites is 1. The van der Waals surface area contributed by atoms with Gasteiger partial charge in [0.2, 0.25) is 0 Å². The molecule has 1 rings (SSSR count). The number of halogens is 1. The Hall–Kier alpha value is -0.780. The van der Waals surface area contributed by atoms with E-state index in [1.807, 2.05) is 24.3 Å². The monoisotopic (exact) mass is 347 g/mol. The molecule has 0 saturated heterocycles. The van der Waals surface area contributed by atoms with E-state index in [4.69, 9.17) is 0 Å². The van der Waals surface area contributed by atoms with E-state index in [2.05, 4.69) is 29.5 Å². The molecule has 0 aliphatic carbocycles. The fraction of sp³-hybridized carbons (Fsp3) is 0.462. The van der Waals surface area contributed by atoms with E-state index in [9.17, 15) is 9.90 Å². The Kier molecular flexibility index (Phi) is 6.32. The zero-order valence-corrected chi connectivity index (χ0v) is 12.2. The van der Waals surface area contributed by atoms with Gasteiger partial charge in [-0.15, -0.1) is 0 Å². The molecular formula is C13H18INO2. The van der Waals surface area contributed by atoms with Crippen LogP contribution in [-0.2, 0) is 0 Å². The minimum atomic E-state index is -0.870. The maximum Gasteiger partial charge on any atom is 0.411 e. The molecule has 17 heavy (non-hydrogen) atoms. The highest BCUT2D eigenvalue weighted by Crippen LogP contribution is 2.22. The quantitative estimate of drug-likeness (QED) is 0.614. The van der Waals surface area contributed by atoms with Crippen molar-refractivity contribution >= 4 is 34.4 Å². The van der Waals surface area contributed by atoms with E-state index < -0.39 is 6.09 Å². The molecule has 1 aromatic rings. The van der Waals surface area contributed by atoms with Gasteiger partial charge >= 0.3 is 6.09 Å². The van der Waals surface area contributed by atoms with Crippen LogP contribution in [0.15, 0.2) is 24.3 Å². The van der Waals surface area contributed by atoms with E-state index >= 15 is 0 Å². The second-order valence-corrected chi connectivity index (χ2v) is 5.11. The summed E-state index contributed by atoms with van der Waals surface area (Å²) in [5, 5.41) is 9.23. The maximum absolute atomic E-state index is 11.2. The first-order chi connectivity index (χ1) is 8.16. The van der Waals surface area contributed by atoms with Gasteiger partial charge in [0.25, 0.3) is 0 Å². The lowest BCUT2D eigenvalue weighted by Gasteiger charge is -2.20. The molecule has 4 heteroatoms. The fourth-order valence-corrected chi connectivity index (χ4v) is 2.37. The van der Waals surface area contributed by atoms with E-state index in [0.717, 1.165) is 28.5 Å². The number of unbranched alkanes of at least 4 members (excludes halogenated alkanes) is 3. The standard InChI is InChI=1S/C13H18INO2/c1-2-3-4-7-10-15(13(16)17)12-9-6-5-8-11(12)14/h5-6,8-9H,2-4,7,10H2,1H3,(H,16,17). The molecule has 0 saturated carbocycles. The van der Waals surface area contributed by atoms with Gasteiger partial charge in [-0.25, -0.2) is 4.79 Å². The number of hydrogen-bond acceptors (Lipinski definition) is 1. The predicted octanol–water partition coefficient (Wildman–Crippen LogP) is 4.36. The Bertz CT molecular complexity index is 368. The lowest BCUT2D eigenvalue weighted by atomic mass is 10.2. The van der Waals surface area contributed by atoms with E-state index in [-0.39, 0.29) is 0 Å². The van der Waals surface area contributed by atoms with Gasteiger partial charge in [0.15, 0.2) is 0 Å². The van der Waals surface area contributed by atoms with Crippen LogP contribution in [0, 0.1) is 3.57 Å². The molecule has 0 aromatic heterocycles. The highest BCUT2D eigenvalue weighted by molar-refractivity contribution is 14.1. The summed E-state index contributed by atoms with van der Waals surface area (Å²) < 4.78 is 0.975. The highest BCUT2D eigenvalue weighted by atomic mass is 127. The van der Waals surface area contributed by atoms with E-state index in [1.54, 1.807) is 0 Å². The molecule has 0 heterocycles. The summed E-state index contributed by atoms with van der Waals surface area (Å²) in [6.45, 7) is 2.73. The summed E-state index contributed by atoms with van der Waals surface area (Å²) in [6.07, 6.45) is 3.47. The predicted molar refractivity (Wildman–Crippen MR) is 78.7 cm³/mol. The third-order valence-corrected chi connectivity index (χ3v) is 3.52. The number of rotatable bonds is 6. The minimum absolute atomic E-state index is 0.579. The van der Waals surface area contributed by atoms with Gasteiger partial charge in [-0.05, 0) is 41.1 Å². The first-order valence-corrected chi connectivity index (χ1v) is 6.99. The molecule has 1 amide bonds. The van der Waals surface area contributed by atoms with Crippen molar-refractivity contribution in [3.8, 4) is 0 Å². The van der Waals surface area contributed by atoms with Crippen molar-refractivity contribution in [3.05, 3.63) is 27.8 Å². The van der Waals surface area contributed by atoms with Crippen molar-refractivity contribution in [2.45, 2.75) is 32.6 Å². The molecule has 3 nitrogen and oxygen atoms in total. The smallest absolute Gasteiger partial charge is 0.411 e. The van der Waals surface area contributed by atoms with Crippen LogP contribution >= 0.6 is 22.6 Å². The Morgan fingerprint density at radius 1 is 1.29 bits per heavy atom. The summed E-state index contributed by atoms with van der Waals surface area (Å²) in [5.74, 6) is 0. The van der Waals surface area contributed by atoms with Gasteiger partial charge < -0.3 is 5.11 Å². The molecule has 0 aliphatic heterocycles. The van der Waals surface area contributed by atoms with Crippen molar-refractivity contribution in [1.29, 1.82) is 0 Å². The van der Waals surface area contributed by atoms with Crippen LogP contribution < -0.4 is 4.90 Å². The van der Waals surface area contributed by atoms with E-state index in [0.29, 0.717) is 6.54 Å². The zero-order chi connectivity index (χ0) is 12.7. The average molecular weight is 347 g/mol. The minimum Gasteiger partial charge on any atom is -0.465 e. The topological polar surface area (TPSA) is 40.5 Å². The highest BCUT2D eigenvalue weighted by Gasteiger charge is 2.15. The molecule has 1 N–H and O–H groups in total.